The number of fused-ring (bicyclic) bond motifs is 1. The van der Waals surface area contributed by atoms with E-state index < -0.39 is 0 Å². The Morgan fingerprint density at radius 2 is 1.86 bits per heavy atom. The summed E-state index contributed by atoms with van der Waals surface area (Å²) in [6.45, 7) is 4.12. The van der Waals surface area contributed by atoms with Gasteiger partial charge in [-0.1, -0.05) is 18.2 Å². The maximum atomic E-state index is 13.3. The van der Waals surface area contributed by atoms with Crippen molar-refractivity contribution in [1.29, 1.82) is 0 Å². The van der Waals surface area contributed by atoms with Crippen molar-refractivity contribution in [2.75, 3.05) is 0 Å². The Morgan fingerprint density at radius 3 is 2.57 bits per heavy atom. The van der Waals surface area contributed by atoms with Crippen LogP contribution in [0.15, 0.2) is 46.9 Å². The van der Waals surface area contributed by atoms with E-state index in [1.54, 1.807) is 6.07 Å². The van der Waals surface area contributed by atoms with Crippen LogP contribution in [0.4, 0.5) is 4.39 Å². The molecule has 0 saturated carbocycles. The highest BCUT2D eigenvalue weighted by molar-refractivity contribution is 5.78. The zero-order valence-corrected chi connectivity index (χ0v) is 12.0. The predicted molar refractivity (Wildman–Crippen MR) is 81.3 cm³/mol. The molecule has 0 fully saturated rings. The largest absolute Gasteiger partial charge is 0.459 e. The summed E-state index contributed by atoms with van der Waals surface area (Å²) >= 11 is 0. The van der Waals surface area contributed by atoms with Crippen molar-refractivity contribution in [3.8, 4) is 0 Å². The number of furan rings is 1. The van der Waals surface area contributed by atoms with Gasteiger partial charge >= 0.3 is 0 Å². The van der Waals surface area contributed by atoms with E-state index in [-0.39, 0.29) is 11.9 Å². The zero-order valence-electron chi connectivity index (χ0n) is 12.0. The second kappa shape index (κ2) is 5.31. The Hall–Kier alpha value is -2.17. The Morgan fingerprint density at radius 1 is 1.05 bits per heavy atom. The van der Waals surface area contributed by atoms with Gasteiger partial charge in [-0.05, 0) is 54.8 Å². The predicted octanol–water partition coefficient (Wildman–Crippen LogP) is 3.74. The lowest BCUT2D eigenvalue weighted by Crippen LogP contribution is -2.28. The molecule has 1 unspecified atom stereocenters. The number of nitrogens with one attached hydrogen (secondary N) is 1. The van der Waals surface area contributed by atoms with E-state index in [9.17, 15) is 4.39 Å². The van der Waals surface area contributed by atoms with Crippen molar-refractivity contribution in [3.63, 3.8) is 0 Å². The standard InChI is InChI=1S/C17H17FN2O/c1-10-3-4-12(7-11(10)2)17(20-19)16-9-13-8-14(18)5-6-15(13)21-16/h3-9,17,20H,19H2,1-2H3. The number of rotatable bonds is 3. The third-order valence-electron chi connectivity index (χ3n) is 3.81. The first-order valence-corrected chi connectivity index (χ1v) is 6.81. The van der Waals surface area contributed by atoms with Crippen LogP contribution in [0.5, 0.6) is 0 Å². The topological polar surface area (TPSA) is 51.2 Å². The molecule has 108 valence electrons. The number of aryl methyl sites for hydroxylation is 2. The van der Waals surface area contributed by atoms with E-state index in [0.717, 1.165) is 10.9 Å². The van der Waals surface area contributed by atoms with Crippen LogP contribution in [-0.2, 0) is 0 Å². The third kappa shape index (κ3) is 2.55. The van der Waals surface area contributed by atoms with Gasteiger partial charge < -0.3 is 4.42 Å². The van der Waals surface area contributed by atoms with Crippen LogP contribution in [0.1, 0.15) is 28.5 Å². The van der Waals surface area contributed by atoms with Gasteiger partial charge in [-0.25, -0.2) is 9.82 Å². The van der Waals surface area contributed by atoms with Gasteiger partial charge in [0.05, 0.1) is 0 Å². The molecule has 3 N–H and O–H groups in total. The summed E-state index contributed by atoms with van der Waals surface area (Å²) < 4.78 is 19.1. The van der Waals surface area contributed by atoms with Gasteiger partial charge in [0.15, 0.2) is 0 Å². The molecule has 3 aromatic rings. The minimum Gasteiger partial charge on any atom is -0.459 e. The van der Waals surface area contributed by atoms with Gasteiger partial charge in [0.1, 0.15) is 23.2 Å². The highest BCUT2D eigenvalue weighted by Gasteiger charge is 2.18. The summed E-state index contributed by atoms with van der Waals surface area (Å²) in [6, 6.07) is 12.2. The molecular formula is C17H17FN2O. The van der Waals surface area contributed by atoms with Crippen LogP contribution >= 0.6 is 0 Å². The van der Waals surface area contributed by atoms with E-state index in [0.29, 0.717) is 11.3 Å². The van der Waals surface area contributed by atoms with Crippen LogP contribution < -0.4 is 11.3 Å². The molecular weight excluding hydrogens is 267 g/mol. The summed E-state index contributed by atoms with van der Waals surface area (Å²) in [5, 5.41) is 0.731. The quantitative estimate of drug-likeness (QED) is 0.569. The average Bonchev–Trinajstić information content (AvgIpc) is 2.86. The van der Waals surface area contributed by atoms with E-state index >= 15 is 0 Å². The molecule has 3 nitrogen and oxygen atoms in total. The van der Waals surface area contributed by atoms with Crippen molar-refractivity contribution in [2.24, 2.45) is 5.84 Å². The number of halogens is 1. The number of hydrogen-bond donors (Lipinski definition) is 2. The highest BCUT2D eigenvalue weighted by Crippen LogP contribution is 2.29. The Kier molecular flexibility index (Phi) is 3.49. The summed E-state index contributed by atoms with van der Waals surface area (Å²) in [5.74, 6) is 6.08. The first-order chi connectivity index (χ1) is 10.1. The minimum absolute atomic E-state index is 0.264. The molecule has 1 atom stereocenters. The lowest BCUT2D eigenvalue weighted by molar-refractivity contribution is 0.477. The molecule has 21 heavy (non-hydrogen) atoms. The van der Waals surface area contributed by atoms with Crippen LogP contribution in [-0.4, -0.2) is 0 Å². The van der Waals surface area contributed by atoms with Crippen molar-refractivity contribution in [1.82, 2.24) is 5.43 Å². The van der Waals surface area contributed by atoms with Crippen molar-refractivity contribution >= 4 is 11.0 Å². The molecule has 3 rings (SSSR count). The molecule has 0 amide bonds. The highest BCUT2D eigenvalue weighted by atomic mass is 19.1. The van der Waals surface area contributed by atoms with E-state index in [4.69, 9.17) is 10.3 Å². The second-order valence-corrected chi connectivity index (χ2v) is 5.27. The van der Waals surface area contributed by atoms with Gasteiger partial charge in [0, 0.05) is 5.39 Å². The molecule has 0 aliphatic carbocycles. The number of nitrogens with two attached hydrogens (primary N) is 1. The Bertz CT molecular complexity index is 795. The number of hydrogen-bond acceptors (Lipinski definition) is 3. The summed E-state index contributed by atoms with van der Waals surface area (Å²) in [5.41, 5.74) is 6.85. The maximum Gasteiger partial charge on any atom is 0.134 e. The molecule has 1 heterocycles. The van der Waals surface area contributed by atoms with Gasteiger partial charge in [-0.15, -0.1) is 0 Å². The van der Waals surface area contributed by atoms with E-state index in [1.807, 2.05) is 12.1 Å². The maximum absolute atomic E-state index is 13.3. The average molecular weight is 284 g/mol. The third-order valence-corrected chi connectivity index (χ3v) is 3.81. The van der Waals surface area contributed by atoms with E-state index in [2.05, 4.69) is 31.4 Å². The van der Waals surface area contributed by atoms with Gasteiger partial charge in [-0.3, -0.25) is 5.84 Å². The monoisotopic (exact) mass is 284 g/mol. The molecule has 1 aromatic heterocycles. The summed E-state index contributed by atoms with van der Waals surface area (Å²) in [7, 11) is 0. The van der Waals surface area contributed by atoms with Crippen molar-refractivity contribution in [3.05, 3.63) is 70.7 Å². The molecule has 0 aliphatic rings. The van der Waals surface area contributed by atoms with Crippen molar-refractivity contribution < 1.29 is 8.81 Å². The lowest BCUT2D eigenvalue weighted by Gasteiger charge is -2.15. The Balaban J connectivity index is 2.06. The van der Waals surface area contributed by atoms with Crippen LogP contribution in [0.3, 0.4) is 0 Å². The number of benzene rings is 2. The SMILES string of the molecule is Cc1ccc(C(NN)c2cc3cc(F)ccc3o2)cc1C. The van der Waals surface area contributed by atoms with E-state index in [1.165, 1.54) is 23.3 Å². The minimum atomic E-state index is -0.279. The first-order valence-electron chi connectivity index (χ1n) is 6.81. The fourth-order valence-corrected chi connectivity index (χ4v) is 2.46. The van der Waals surface area contributed by atoms with Crippen molar-refractivity contribution in [2.45, 2.75) is 19.9 Å². The molecule has 4 heteroatoms. The molecule has 0 aliphatic heterocycles. The second-order valence-electron chi connectivity index (χ2n) is 5.27. The van der Waals surface area contributed by atoms with Gasteiger partial charge in [0.2, 0.25) is 0 Å². The van der Waals surface area contributed by atoms with Crippen LogP contribution in [0.25, 0.3) is 11.0 Å². The molecule has 2 aromatic carbocycles. The fourth-order valence-electron chi connectivity index (χ4n) is 2.46. The molecule has 0 radical (unpaired) electrons. The normalized spacial score (nSPS) is 12.8. The zero-order chi connectivity index (χ0) is 15.0. The lowest BCUT2D eigenvalue weighted by atomic mass is 10.00. The van der Waals surface area contributed by atoms with Crippen LogP contribution in [0.2, 0.25) is 0 Å². The van der Waals surface area contributed by atoms with Gasteiger partial charge in [-0.2, -0.15) is 0 Å². The Labute approximate surface area is 122 Å². The van der Waals surface area contributed by atoms with Gasteiger partial charge in [0.25, 0.3) is 0 Å². The van der Waals surface area contributed by atoms with Crippen LogP contribution in [0, 0.1) is 19.7 Å². The molecule has 0 bridgehead atoms. The summed E-state index contributed by atoms with van der Waals surface area (Å²) in [4.78, 5) is 0. The molecule has 0 saturated heterocycles. The smallest absolute Gasteiger partial charge is 0.134 e. The number of hydrazine groups is 1. The summed E-state index contributed by atoms with van der Waals surface area (Å²) in [6.07, 6.45) is 0. The fraction of sp³-hybridized carbons (Fsp3) is 0.176. The molecule has 0 spiro atoms. The first kappa shape index (κ1) is 13.8.